The Morgan fingerprint density at radius 1 is 1.21 bits per heavy atom. The molecule has 1 heterocycles. The first-order valence-corrected chi connectivity index (χ1v) is 8.05. The van der Waals surface area contributed by atoms with Gasteiger partial charge in [-0.15, -0.1) is 0 Å². The highest BCUT2D eigenvalue weighted by Gasteiger charge is 2.10. The van der Waals surface area contributed by atoms with E-state index in [-0.39, 0.29) is 5.91 Å². The van der Waals surface area contributed by atoms with Crippen molar-refractivity contribution in [2.24, 2.45) is 0 Å². The minimum atomic E-state index is -0.215. The van der Waals surface area contributed by atoms with E-state index in [2.05, 4.69) is 20.6 Å². The van der Waals surface area contributed by atoms with Crippen molar-refractivity contribution in [2.45, 2.75) is 13.8 Å². The lowest BCUT2D eigenvalue weighted by atomic mass is 10.2. The fourth-order valence-electron chi connectivity index (χ4n) is 2.05. The Hall–Kier alpha value is -2.18. The van der Waals surface area contributed by atoms with Gasteiger partial charge >= 0.3 is 0 Å². The molecule has 0 spiro atoms. The zero-order chi connectivity index (χ0) is 17.7. The second-order valence-electron chi connectivity index (χ2n) is 5.83. The van der Waals surface area contributed by atoms with Gasteiger partial charge in [-0.25, -0.2) is 9.97 Å². The molecular formula is C17H22ClN5O. The number of amides is 1. The summed E-state index contributed by atoms with van der Waals surface area (Å²) in [7, 11) is 3.91. The highest BCUT2D eigenvalue weighted by Crippen LogP contribution is 2.22. The lowest BCUT2D eigenvalue weighted by Crippen LogP contribution is -2.32. The topological polar surface area (TPSA) is 70.2 Å². The molecule has 24 heavy (non-hydrogen) atoms. The van der Waals surface area contributed by atoms with Crippen molar-refractivity contribution >= 4 is 29.0 Å². The molecule has 0 bridgehead atoms. The number of nitrogens with one attached hydrogen (secondary N) is 2. The number of aromatic nitrogens is 2. The SMILES string of the molecule is Cc1nc(Nc2ccc(C)c(Cl)c2)cc(C(=O)NCCN(C)C)n1. The third-order valence-electron chi connectivity index (χ3n) is 3.36. The number of hydrogen-bond donors (Lipinski definition) is 2. The first-order chi connectivity index (χ1) is 11.3. The molecule has 0 unspecified atom stereocenters. The number of likely N-dealkylation sites (N-methyl/N-ethyl adjacent to an activating group) is 1. The van der Waals surface area contributed by atoms with E-state index in [0.29, 0.717) is 28.9 Å². The van der Waals surface area contributed by atoms with Gasteiger partial charge < -0.3 is 15.5 Å². The van der Waals surface area contributed by atoms with Crippen LogP contribution in [0.4, 0.5) is 11.5 Å². The van der Waals surface area contributed by atoms with Crippen LogP contribution in [0, 0.1) is 13.8 Å². The molecule has 0 saturated heterocycles. The van der Waals surface area contributed by atoms with E-state index in [9.17, 15) is 4.79 Å². The number of rotatable bonds is 6. The van der Waals surface area contributed by atoms with Crippen molar-refractivity contribution < 1.29 is 4.79 Å². The van der Waals surface area contributed by atoms with Gasteiger partial charge in [-0.05, 0) is 45.6 Å². The number of hydrogen-bond acceptors (Lipinski definition) is 5. The summed E-state index contributed by atoms with van der Waals surface area (Å²) in [5, 5.41) is 6.68. The van der Waals surface area contributed by atoms with Crippen LogP contribution in [0.25, 0.3) is 0 Å². The average molecular weight is 348 g/mol. The minimum Gasteiger partial charge on any atom is -0.349 e. The van der Waals surface area contributed by atoms with Gasteiger partial charge in [0.05, 0.1) is 0 Å². The third kappa shape index (κ3) is 5.18. The van der Waals surface area contributed by atoms with Crippen molar-refractivity contribution in [3.05, 3.63) is 46.4 Å². The van der Waals surface area contributed by atoms with Crippen LogP contribution in [0.15, 0.2) is 24.3 Å². The maximum absolute atomic E-state index is 12.2. The molecule has 0 aliphatic rings. The van der Waals surface area contributed by atoms with E-state index < -0.39 is 0 Å². The summed E-state index contributed by atoms with van der Waals surface area (Å²) >= 11 is 6.13. The molecule has 0 aliphatic heterocycles. The van der Waals surface area contributed by atoms with E-state index in [1.165, 1.54) is 0 Å². The molecular weight excluding hydrogens is 326 g/mol. The molecule has 0 saturated carbocycles. The number of halogens is 1. The summed E-state index contributed by atoms with van der Waals surface area (Å²) in [6, 6.07) is 7.29. The van der Waals surface area contributed by atoms with Crippen LogP contribution in [-0.2, 0) is 0 Å². The highest BCUT2D eigenvalue weighted by molar-refractivity contribution is 6.31. The van der Waals surface area contributed by atoms with Crippen LogP contribution in [-0.4, -0.2) is 48.0 Å². The lowest BCUT2D eigenvalue weighted by molar-refractivity contribution is 0.0945. The number of nitrogens with zero attached hydrogens (tertiary/aromatic N) is 3. The highest BCUT2D eigenvalue weighted by atomic mass is 35.5. The molecule has 7 heteroatoms. The number of aryl methyl sites for hydroxylation is 2. The van der Waals surface area contributed by atoms with Gasteiger partial charge in [-0.3, -0.25) is 4.79 Å². The molecule has 6 nitrogen and oxygen atoms in total. The van der Waals surface area contributed by atoms with E-state index in [4.69, 9.17) is 11.6 Å². The fourth-order valence-corrected chi connectivity index (χ4v) is 2.23. The summed E-state index contributed by atoms with van der Waals surface area (Å²) in [5.74, 6) is 0.864. The van der Waals surface area contributed by atoms with Crippen molar-refractivity contribution in [3.8, 4) is 0 Å². The first-order valence-electron chi connectivity index (χ1n) is 7.67. The maximum atomic E-state index is 12.2. The molecule has 0 fully saturated rings. The van der Waals surface area contributed by atoms with Crippen molar-refractivity contribution in [3.63, 3.8) is 0 Å². The fraction of sp³-hybridized carbons (Fsp3) is 0.353. The van der Waals surface area contributed by atoms with Gasteiger partial charge in [0.25, 0.3) is 5.91 Å². The Morgan fingerprint density at radius 3 is 2.62 bits per heavy atom. The van der Waals surface area contributed by atoms with Crippen LogP contribution in [0.3, 0.4) is 0 Å². The van der Waals surface area contributed by atoms with Gasteiger partial charge in [0, 0.05) is 29.9 Å². The standard InChI is InChI=1S/C17H22ClN5O/c1-11-5-6-13(9-14(11)18)22-16-10-15(20-12(2)21-16)17(24)19-7-8-23(3)4/h5-6,9-10H,7-8H2,1-4H3,(H,19,24)(H,20,21,22). The first kappa shape index (κ1) is 18.2. The lowest BCUT2D eigenvalue weighted by Gasteiger charge is -2.12. The zero-order valence-corrected chi connectivity index (χ0v) is 15.1. The molecule has 2 aromatic rings. The molecule has 0 aliphatic carbocycles. The summed E-state index contributed by atoms with van der Waals surface area (Å²) in [5.41, 5.74) is 2.15. The second-order valence-corrected chi connectivity index (χ2v) is 6.24. The van der Waals surface area contributed by atoms with Crippen LogP contribution >= 0.6 is 11.6 Å². The normalized spacial score (nSPS) is 10.8. The average Bonchev–Trinajstić information content (AvgIpc) is 2.50. The van der Waals surface area contributed by atoms with Crippen molar-refractivity contribution in [1.82, 2.24) is 20.2 Å². The largest absolute Gasteiger partial charge is 0.349 e. The van der Waals surface area contributed by atoms with E-state index in [0.717, 1.165) is 17.8 Å². The smallest absolute Gasteiger partial charge is 0.270 e. The molecule has 1 aromatic carbocycles. The van der Waals surface area contributed by atoms with Crippen LogP contribution in [0.1, 0.15) is 21.9 Å². The zero-order valence-electron chi connectivity index (χ0n) is 14.4. The Morgan fingerprint density at radius 2 is 1.96 bits per heavy atom. The van der Waals surface area contributed by atoms with Gasteiger partial charge in [0.15, 0.2) is 0 Å². The molecule has 2 N–H and O–H groups in total. The predicted molar refractivity (Wildman–Crippen MR) is 97.1 cm³/mol. The third-order valence-corrected chi connectivity index (χ3v) is 3.77. The van der Waals surface area contributed by atoms with Crippen LogP contribution in [0.5, 0.6) is 0 Å². The monoisotopic (exact) mass is 347 g/mol. The van der Waals surface area contributed by atoms with E-state index in [1.807, 2.05) is 44.1 Å². The Labute approximate surface area is 147 Å². The molecule has 1 amide bonds. The van der Waals surface area contributed by atoms with Crippen LogP contribution in [0.2, 0.25) is 5.02 Å². The summed E-state index contributed by atoms with van der Waals surface area (Å²) in [6.07, 6.45) is 0. The van der Waals surface area contributed by atoms with E-state index >= 15 is 0 Å². The molecule has 0 radical (unpaired) electrons. The quantitative estimate of drug-likeness (QED) is 0.840. The Kier molecular flexibility index (Phi) is 6.11. The number of carbonyl (C=O) groups excluding carboxylic acids is 1. The predicted octanol–water partition coefficient (Wildman–Crippen LogP) is 2.78. The maximum Gasteiger partial charge on any atom is 0.270 e. The second kappa shape index (κ2) is 8.08. The summed E-state index contributed by atoms with van der Waals surface area (Å²) < 4.78 is 0. The Bertz CT molecular complexity index is 733. The summed E-state index contributed by atoms with van der Waals surface area (Å²) in [4.78, 5) is 22.7. The Balaban J connectivity index is 2.12. The molecule has 128 valence electrons. The van der Waals surface area contributed by atoms with Gasteiger partial charge in [0.1, 0.15) is 17.3 Å². The van der Waals surface area contributed by atoms with Gasteiger partial charge in [-0.1, -0.05) is 17.7 Å². The number of benzene rings is 1. The van der Waals surface area contributed by atoms with Crippen molar-refractivity contribution in [1.29, 1.82) is 0 Å². The number of anilines is 2. The summed E-state index contributed by atoms with van der Waals surface area (Å²) in [6.45, 7) is 5.02. The molecule has 2 rings (SSSR count). The van der Waals surface area contributed by atoms with Crippen LogP contribution < -0.4 is 10.6 Å². The number of carbonyl (C=O) groups is 1. The molecule has 1 aromatic heterocycles. The van der Waals surface area contributed by atoms with Gasteiger partial charge in [0.2, 0.25) is 0 Å². The van der Waals surface area contributed by atoms with Gasteiger partial charge in [-0.2, -0.15) is 0 Å². The van der Waals surface area contributed by atoms with Crippen molar-refractivity contribution in [2.75, 3.05) is 32.5 Å². The molecule has 0 atom stereocenters. The van der Waals surface area contributed by atoms with E-state index in [1.54, 1.807) is 13.0 Å². The minimum absolute atomic E-state index is 0.215.